The predicted molar refractivity (Wildman–Crippen MR) is 125 cm³/mol. The van der Waals surface area contributed by atoms with Crippen LogP contribution in [-0.4, -0.2) is 23.1 Å². The van der Waals surface area contributed by atoms with Gasteiger partial charge in [0.1, 0.15) is 5.75 Å². The van der Waals surface area contributed by atoms with E-state index in [1.54, 1.807) is 44.2 Å². The molecule has 0 spiro atoms. The van der Waals surface area contributed by atoms with Crippen LogP contribution >= 0.6 is 11.3 Å². The van der Waals surface area contributed by atoms with Gasteiger partial charge in [0.25, 0.3) is 5.56 Å². The maximum Gasteiger partial charge on any atom is 0.338 e. The fourth-order valence-electron chi connectivity index (χ4n) is 3.73. The molecule has 2 aromatic carbocycles. The molecule has 0 bridgehead atoms. The van der Waals surface area contributed by atoms with E-state index in [0.29, 0.717) is 31.9 Å². The molecule has 2 heterocycles. The number of allylic oxidation sites excluding steroid dienone is 1. The van der Waals surface area contributed by atoms with Crippen LogP contribution in [0.15, 0.2) is 75.7 Å². The fourth-order valence-corrected chi connectivity index (χ4v) is 4.77. The van der Waals surface area contributed by atoms with Crippen molar-refractivity contribution in [1.82, 2.24) is 4.57 Å². The minimum atomic E-state index is -0.660. The smallest absolute Gasteiger partial charge is 0.338 e. The average molecular weight is 463 g/mol. The number of para-hydroxylation sites is 1. The monoisotopic (exact) mass is 462 g/mol. The van der Waals surface area contributed by atoms with Crippen LogP contribution in [0, 0.1) is 0 Å². The first kappa shape index (κ1) is 22.4. The Bertz CT molecular complexity index is 1430. The lowest BCUT2D eigenvalue weighted by Gasteiger charge is -2.24. The highest BCUT2D eigenvalue weighted by Gasteiger charge is 2.33. The van der Waals surface area contributed by atoms with Gasteiger partial charge in [-0.05, 0) is 31.6 Å². The number of esters is 2. The van der Waals surface area contributed by atoms with Gasteiger partial charge in [-0.1, -0.05) is 59.9 Å². The van der Waals surface area contributed by atoms with Crippen LogP contribution in [0.3, 0.4) is 0 Å². The number of fused-ring (bicyclic) bond motifs is 1. The molecule has 0 amide bonds. The number of thiazole rings is 1. The van der Waals surface area contributed by atoms with Crippen LogP contribution < -0.4 is 19.6 Å². The Balaban J connectivity index is 1.94. The van der Waals surface area contributed by atoms with Crippen molar-refractivity contribution in [2.75, 3.05) is 6.61 Å². The fraction of sp³-hybridized carbons (Fsp3) is 0.200. The SMILES string of the molecule is CCOC(=O)C1=C(C)N=c2s/c(=C\c3ccccc3OC(C)=O)c(=O)n2[C@@H]1c1ccccc1. The quantitative estimate of drug-likeness (QED) is 0.430. The number of nitrogens with zero attached hydrogens (tertiary/aromatic N) is 2. The van der Waals surface area contributed by atoms with Crippen LogP contribution in [0.2, 0.25) is 0 Å². The lowest BCUT2D eigenvalue weighted by Crippen LogP contribution is -2.39. The molecule has 0 N–H and O–H groups in total. The van der Waals surface area contributed by atoms with Crippen LogP contribution in [0.5, 0.6) is 5.75 Å². The van der Waals surface area contributed by atoms with Crippen molar-refractivity contribution in [3.63, 3.8) is 0 Å². The number of hydrogen-bond donors (Lipinski definition) is 0. The van der Waals surface area contributed by atoms with Gasteiger partial charge < -0.3 is 9.47 Å². The van der Waals surface area contributed by atoms with Gasteiger partial charge in [0.05, 0.1) is 28.5 Å². The zero-order valence-electron chi connectivity index (χ0n) is 18.4. The first-order chi connectivity index (χ1) is 15.9. The van der Waals surface area contributed by atoms with Crippen LogP contribution in [0.1, 0.15) is 37.9 Å². The number of hydrogen-bond acceptors (Lipinski definition) is 7. The van der Waals surface area contributed by atoms with Gasteiger partial charge in [-0.3, -0.25) is 14.2 Å². The number of carbonyl (C=O) groups is 2. The Kier molecular flexibility index (Phi) is 6.37. The first-order valence-corrected chi connectivity index (χ1v) is 11.2. The summed E-state index contributed by atoms with van der Waals surface area (Å²) in [5.41, 5.74) is 1.93. The van der Waals surface area contributed by atoms with Crippen molar-refractivity contribution >= 4 is 29.4 Å². The van der Waals surface area contributed by atoms with E-state index in [4.69, 9.17) is 9.47 Å². The van der Waals surface area contributed by atoms with Crippen molar-refractivity contribution in [1.29, 1.82) is 0 Å². The molecule has 1 aliphatic heterocycles. The van der Waals surface area contributed by atoms with E-state index in [1.807, 2.05) is 30.3 Å². The molecule has 7 nitrogen and oxygen atoms in total. The van der Waals surface area contributed by atoms with Gasteiger partial charge in [-0.25, -0.2) is 9.79 Å². The molecule has 4 rings (SSSR count). The molecule has 0 radical (unpaired) electrons. The number of rotatable bonds is 5. The Morgan fingerprint density at radius 3 is 2.52 bits per heavy atom. The van der Waals surface area contributed by atoms with Crippen LogP contribution in [-0.2, 0) is 14.3 Å². The summed E-state index contributed by atoms with van der Waals surface area (Å²) in [7, 11) is 0. The topological polar surface area (TPSA) is 87.0 Å². The number of ether oxygens (including phenoxy) is 2. The molecular formula is C25H22N2O5S. The number of carbonyl (C=O) groups excluding carboxylic acids is 2. The van der Waals surface area contributed by atoms with Crippen molar-refractivity contribution in [2.45, 2.75) is 26.8 Å². The van der Waals surface area contributed by atoms with Gasteiger partial charge >= 0.3 is 11.9 Å². The van der Waals surface area contributed by atoms with E-state index in [2.05, 4.69) is 4.99 Å². The summed E-state index contributed by atoms with van der Waals surface area (Å²) in [4.78, 5) is 42.9. The largest absolute Gasteiger partial charge is 0.463 e. The molecule has 0 saturated heterocycles. The van der Waals surface area contributed by atoms with Crippen LogP contribution in [0.4, 0.5) is 0 Å². The van der Waals surface area contributed by atoms with Gasteiger partial charge in [-0.2, -0.15) is 0 Å². The van der Waals surface area contributed by atoms with E-state index in [9.17, 15) is 14.4 Å². The lowest BCUT2D eigenvalue weighted by atomic mass is 9.96. The van der Waals surface area contributed by atoms with Crippen molar-refractivity contribution in [2.24, 2.45) is 4.99 Å². The van der Waals surface area contributed by atoms with E-state index in [0.717, 1.165) is 5.56 Å². The highest BCUT2D eigenvalue weighted by molar-refractivity contribution is 7.07. The van der Waals surface area contributed by atoms with E-state index >= 15 is 0 Å². The van der Waals surface area contributed by atoms with Gasteiger partial charge in [0.15, 0.2) is 4.80 Å². The third kappa shape index (κ3) is 4.42. The lowest BCUT2D eigenvalue weighted by molar-refractivity contribution is -0.139. The van der Waals surface area contributed by atoms with E-state index in [1.165, 1.54) is 22.8 Å². The summed E-state index contributed by atoms with van der Waals surface area (Å²) in [5.74, 6) is -0.586. The second-order valence-corrected chi connectivity index (χ2v) is 8.35. The van der Waals surface area contributed by atoms with Crippen molar-refractivity contribution in [3.05, 3.63) is 96.7 Å². The molecule has 0 saturated carbocycles. The molecule has 168 valence electrons. The molecule has 0 unspecified atom stereocenters. The normalized spacial score (nSPS) is 15.6. The molecule has 1 aromatic heterocycles. The van der Waals surface area contributed by atoms with E-state index in [-0.39, 0.29) is 12.2 Å². The van der Waals surface area contributed by atoms with Crippen LogP contribution in [0.25, 0.3) is 6.08 Å². The molecule has 0 fully saturated rings. The standard InChI is InChI=1S/C25H22N2O5S/c1-4-31-24(30)21-15(2)26-25-27(22(21)17-10-6-5-7-11-17)23(29)20(33-25)14-18-12-8-9-13-19(18)32-16(3)28/h5-14,22H,4H2,1-3H3/b20-14-/t22-/m1/s1. The molecule has 0 aliphatic carbocycles. The summed E-state index contributed by atoms with van der Waals surface area (Å²) in [6.07, 6.45) is 1.67. The summed E-state index contributed by atoms with van der Waals surface area (Å²) >= 11 is 1.22. The Morgan fingerprint density at radius 2 is 1.82 bits per heavy atom. The van der Waals surface area contributed by atoms with E-state index < -0.39 is 18.0 Å². The molecule has 8 heteroatoms. The summed E-state index contributed by atoms with van der Waals surface area (Å²) in [6.45, 7) is 5.02. The highest BCUT2D eigenvalue weighted by Crippen LogP contribution is 2.30. The average Bonchev–Trinajstić information content (AvgIpc) is 3.09. The minimum Gasteiger partial charge on any atom is -0.463 e. The molecule has 1 aliphatic rings. The summed E-state index contributed by atoms with van der Waals surface area (Å²) in [6, 6.07) is 15.7. The third-order valence-electron chi connectivity index (χ3n) is 5.09. The minimum absolute atomic E-state index is 0.217. The molecule has 1 atom stereocenters. The molecular weight excluding hydrogens is 440 g/mol. The maximum absolute atomic E-state index is 13.6. The maximum atomic E-state index is 13.6. The number of benzene rings is 2. The Labute approximate surface area is 193 Å². The Hall–Kier alpha value is -3.78. The zero-order chi connectivity index (χ0) is 23.5. The molecule has 33 heavy (non-hydrogen) atoms. The van der Waals surface area contributed by atoms with Gasteiger partial charge in [0, 0.05) is 12.5 Å². The van der Waals surface area contributed by atoms with Gasteiger partial charge in [-0.15, -0.1) is 0 Å². The first-order valence-electron chi connectivity index (χ1n) is 10.4. The van der Waals surface area contributed by atoms with Crippen molar-refractivity contribution in [3.8, 4) is 5.75 Å². The number of aromatic nitrogens is 1. The zero-order valence-corrected chi connectivity index (χ0v) is 19.2. The second-order valence-electron chi connectivity index (χ2n) is 7.34. The molecule has 3 aromatic rings. The summed E-state index contributed by atoms with van der Waals surface area (Å²) in [5, 5.41) is 0. The van der Waals surface area contributed by atoms with Crippen molar-refractivity contribution < 1.29 is 19.1 Å². The Morgan fingerprint density at radius 1 is 1.12 bits per heavy atom. The second kappa shape index (κ2) is 9.38. The third-order valence-corrected chi connectivity index (χ3v) is 6.07. The van der Waals surface area contributed by atoms with Gasteiger partial charge in [0.2, 0.25) is 0 Å². The predicted octanol–water partition coefficient (Wildman–Crippen LogP) is 2.72. The summed E-state index contributed by atoms with van der Waals surface area (Å²) < 4.78 is 12.5. The highest BCUT2D eigenvalue weighted by atomic mass is 32.1.